The van der Waals surface area contributed by atoms with Gasteiger partial charge in [-0.1, -0.05) is 22.7 Å². The van der Waals surface area contributed by atoms with Gasteiger partial charge < -0.3 is 20.9 Å². The molecule has 1 aliphatic heterocycles. The van der Waals surface area contributed by atoms with Crippen molar-refractivity contribution in [2.75, 3.05) is 33.9 Å². The van der Waals surface area contributed by atoms with Crippen LogP contribution in [-0.2, 0) is 9.59 Å². The van der Waals surface area contributed by atoms with Crippen molar-refractivity contribution in [1.29, 1.82) is 0 Å². The zero-order valence-corrected chi connectivity index (χ0v) is 14.7. The molecule has 128 valence electrons. The maximum absolute atomic E-state index is 11.0. The highest BCUT2D eigenvalue weighted by Crippen LogP contribution is 2.29. The van der Waals surface area contributed by atoms with E-state index in [0.717, 1.165) is 24.6 Å². The fourth-order valence-corrected chi connectivity index (χ4v) is 3.85. The lowest BCUT2D eigenvalue weighted by Gasteiger charge is -2.14. The molecule has 0 spiro atoms. The van der Waals surface area contributed by atoms with Gasteiger partial charge in [0.1, 0.15) is 0 Å². The van der Waals surface area contributed by atoms with Crippen LogP contribution in [0.5, 0.6) is 0 Å². The number of carbonyl (C=O) groups excluding carboxylic acids is 2. The molecule has 0 bridgehead atoms. The number of carbonyl (C=O) groups is 2. The second-order valence-corrected chi connectivity index (χ2v) is 7.17. The van der Waals surface area contributed by atoms with Crippen molar-refractivity contribution < 1.29 is 9.59 Å². The van der Waals surface area contributed by atoms with Gasteiger partial charge in [-0.2, -0.15) is 0 Å². The number of aromatic nitrogens is 4. The van der Waals surface area contributed by atoms with Crippen molar-refractivity contribution in [2.24, 2.45) is 0 Å². The Kier molecular flexibility index (Phi) is 4.85. The molecule has 0 aliphatic carbocycles. The Labute approximate surface area is 145 Å². The van der Waals surface area contributed by atoms with Crippen LogP contribution in [0.25, 0.3) is 0 Å². The van der Waals surface area contributed by atoms with Crippen LogP contribution < -0.4 is 20.9 Å². The molecule has 10 nitrogen and oxygen atoms in total. The van der Waals surface area contributed by atoms with Gasteiger partial charge in [-0.25, -0.2) is 0 Å². The number of anilines is 4. The third-order valence-electron chi connectivity index (χ3n) is 3.19. The topological polar surface area (TPSA) is 125 Å². The van der Waals surface area contributed by atoms with Gasteiger partial charge in [-0.05, 0) is 6.42 Å². The number of hydrogen-bond acceptors (Lipinski definition) is 10. The quantitative estimate of drug-likeness (QED) is 0.714. The second-order valence-electron chi connectivity index (χ2n) is 5.24. The Bertz CT molecular complexity index is 745. The number of amides is 2. The molecule has 0 radical (unpaired) electrons. The van der Waals surface area contributed by atoms with Crippen LogP contribution in [0.3, 0.4) is 0 Å². The molecular formula is C12H16N8O2S2. The normalized spacial score (nSPS) is 16.9. The molecule has 24 heavy (non-hydrogen) atoms. The summed E-state index contributed by atoms with van der Waals surface area (Å²) in [5, 5.41) is 27.0. The van der Waals surface area contributed by atoms with Gasteiger partial charge in [0.15, 0.2) is 0 Å². The van der Waals surface area contributed by atoms with Crippen LogP contribution in [0.4, 0.5) is 20.5 Å². The Morgan fingerprint density at radius 3 is 2.33 bits per heavy atom. The van der Waals surface area contributed by atoms with Crippen molar-refractivity contribution in [2.45, 2.75) is 26.3 Å². The predicted octanol–water partition coefficient (Wildman–Crippen LogP) is 0.997. The summed E-state index contributed by atoms with van der Waals surface area (Å²) in [6.45, 7) is 4.46. The van der Waals surface area contributed by atoms with E-state index in [1.165, 1.54) is 36.5 Å². The van der Waals surface area contributed by atoms with E-state index in [2.05, 4.69) is 41.2 Å². The van der Waals surface area contributed by atoms with Crippen molar-refractivity contribution in [3.8, 4) is 0 Å². The SMILES string of the molecule is CC(=O)Nc1nnc(N[C@H]2CCN(c3nnc(NC(C)=O)s3)C2)s1. The van der Waals surface area contributed by atoms with E-state index in [0.29, 0.717) is 15.4 Å². The highest BCUT2D eigenvalue weighted by Gasteiger charge is 2.26. The maximum atomic E-state index is 11.0. The minimum absolute atomic E-state index is 0.162. The minimum atomic E-state index is -0.170. The summed E-state index contributed by atoms with van der Waals surface area (Å²) in [5.41, 5.74) is 0. The van der Waals surface area contributed by atoms with Gasteiger partial charge in [-0.15, -0.1) is 20.4 Å². The molecule has 2 aromatic rings. The molecule has 1 atom stereocenters. The monoisotopic (exact) mass is 368 g/mol. The van der Waals surface area contributed by atoms with E-state index in [1.807, 2.05) is 0 Å². The lowest BCUT2D eigenvalue weighted by molar-refractivity contribution is -0.115. The van der Waals surface area contributed by atoms with E-state index < -0.39 is 0 Å². The fourth-order valence-electron chi connectivity index (χ4n) is 2.25. The molecule has 1 aliphatic rings. The van der Waals surface area contributed by atoms with Gasteiger partial charge in [0.25, 0.3) is 0 Å². The summed E-state index contributed by atoms with van der Waals surface area (Å²) in [6.07, 6.45) is 0.921. The molecule has 2 aromatic heterocycles. The fraction of sp³-hybridized carbons (Fsp3) is 0.500. The molecule has 2 amide bonds. The van der Waals surface area contributed by atoms with Gasteiger partial charge in [-0.3, -0.25) is 9.59 Å². The molecule has 0 saturated carbocycles. The van der Waals surface area contributed by atoms with Crippen molar-refractivity contribution in [1.82, 2.24) is 20.4 Å². The van der Waals surface area contributed by atoms with Gasteiger partial charge in [0.05, 0.1) is 0 Å². The molecule has 12 heteroatoms. The summed E-state index contributed by atoms with van der Waals surface area (Å²) in [6, 6.07) is 0.205. The van der Waals surface area contributed by atoms with E-state index in [9.17, 15) is 9.59 Å². The van der Waals surface area contributed by atoms with Crippen molar-refractivity contribution >= 4 is 55.0 Å². The van der Waals surface area contributed by atoms with Gasteiger partial charge >= 0.3 is 0 Å². The summed E-state index contributed by atoms with van der Waals surface area (Å²) < 4.78 is 0. The van der Waals surface area contributed by atoms with E-state index >= 15 is 0 Å². The molecule has 1 saturated heterocycles. The molecular weight excluding hydrogens is 352 g/mol. The van der Waals surface area contributed by atoms with Gasteiger partial charge in [0, 0.05) is 33.0 Å². The predicted molar refractivity (Wildman–Crippen MR) is 92.7 cm³/mol. The third-order valence-corrected chi connectivity index (χ3v) is 4.86. The Balaban J connectivity index is 1.55. The van der Waals surface area contributed by atoms with Crippen molar-refractivity contribution in [3.63, 3.8) is 0 Å². The Morgan fingerprint density at radius 2 is 1.62 bits per heavy atom. The summed E-state index contributed by atoms with van der Waals surface area (Å²) >= 11 is 2.65. The van der Waals surface area contributed by atoms with E-state index in [-0.39, 0.29) is 17.9 Å². The second kappa shape index (κ2) is 7.05. The average Bonchev–Trinajstić information content (AvgIpc) is 3.19. The first-order valence-corrected chi connectivity index (χ1v) is 8.86. The van der Waals surface area contributed by atoms with Gasteiger partial charge in [0.2, 0.25) is 32.3 Å². The average molecular weight is 368 g/mol. The number of nitrogens with zero attached hydrogens (tertiary/aromatic N) is 5. The van der Waals surface area contributed by atoms with Crippen molar-refractivity contribution in [3.05, 3.63) is 0 Å². The highest BCUT2D eigenvalue weighted by molar-refractivity contribution is 7.19. The van der Waals surface area contributed by atoms with Crippen LogP contribution >= 0.6 is 22.7 Å². The largest absolute Gasteiger partial charge is 0.355 e. The summed E-state index contributed by atoms with van der Waals surface area (Å²) in [5.74, 6) is -0.333. The standard InChI is InChI=1S/C12H16N8O2S2/c1-6(21)13-9-16-17-11(23-9)15-8-3-4-20(5-8)12-19-18-10(24-12)14-7(2)22/h8H,3-5H2,1-2H3,(H,15,17)(H,13,16,21)(H,14,18,22)/t8-/m0/s1. The van der Waals surface area contributed by atoms with E-state index in [1.54, 1.807) is 0 Å². The smallest absolute Gasteiger partial charge is 0.223 e. The first kappa shape index (κ1) is 16.5. The maximum Gasteiger partial charge on any atom is 0.223 e. The zero-order chi connectivity index (χ0) is 17.1. The lowest BCUT2D eigenvalue weighted by atomic mass is 10.3. The summed E-state index contributed by atoms with van der Waals surface area (Å²) in [7, 11) is 0. The molecule has 3 heterocycles. The van der Waals surface area contributed by atoms with Crippen LogP contribution in [-0.4, -0.2) is 51.3 Å². The van der Waals surface area contributed by atoms with Crippen LogP contribution in [0.2, 0.25) is 0 Å². The number of nitrogens with one attached hydrogen (secondary N) is 3. The Morgan fingerprint density at radius 1 is 1.00 bits per heavy atom. The number of hydrogen-bond donors (Lipinski definition) is 3. The molecule has 0 unspecified atom stereocenters. The number of rotatable bonds is 5. The third kappa shape index (κ3) is 4.14. The molecule has 3 N–H and O–H groups in total. The van der Waals surface area contributed by atoms with Crippen LogP contribution in [0.15, 0.2) is 0 Å². The lowest BCUT2D eigenvalue weighted by Crippen LogP contribution is -2.25. The summed E-state index contributed by atoms with van der Waals surface area (Å²) in [4.78, 5) is 24.1. The molecule has 1 fully saturated rings. The van der Waals surface area contributed by atoms with Crippen LogP contribution in [0, 0.1) is 0 Å². The van der Waals surface area contributed by atoms with Crippen LogP contribution in [0.1, 0.15) is 20.3 Å². The first-order valence-electron chi connectivity index (χ1n) is 7.23. The first-order chi connectivity index (χ1) is 11.5. The Hall–Kier alpha value is -2.34. The zero-order valence-electron chi connectivity index (χ0n) is 13.1. The van der Waals surface area contributed by atoms with E-state index in [4.69, 9.17) is 0 Å². The molecule has 3 rings (SSSR count). The highest BCUT2D eigenvalue weighted by atomic mass is 32.1. The minimum Gasteiger partial charge on any atom is -0.355 e. The molecule has 0 aromatic carbocycles.